The summed E-state index contributed by atoms with van der Waals surface area (Å²) >= 11 is 10.4. The van der Waals surface area contributed by atoms with Crippen LogP contribution in [0.1, 0.15) is 11.1 Å². The molecule has 9 heteroatoms. The number of benzene rings is 2. The molecule has 0 atom stereocenters. The summed E-state index contributed by atoms with van der Waals surface area (Å²) in [5.41, 5.74) is 9.29. The second-order valence-corrected chi connectivity index (χ2v) is 6.05. The van der Waals surface area contributed by atoms with Gasteiger partial charge in [0.15, 0.2) is 10.2 Å². The molecule has 25 heavy (non-hydrogen) atoms. The summed E-state index contributed by atoms with van der Waals surface area (Å²) in [6.07, 6.45) is 0. The zero-order valence-corrected chi connectivity index (χ0v) is 15.3. The highest BCUT2D eigenvalue weighted by molar-refractivity contribution is 7.81. The molecule has 0 bridgehead atoms. The second kappa shape index (κ2) is 8.36. The Morgan fingerprint density at radius 2 is 1.44 bits per heavy atom. The number of hydrogen-bond acceptors (Lipinski definition) is 4. The molecule has 0 heterocycles. The summed E-state index contributed by atoms with van der Waals surface area (Å²) in [6.45, 7) is 3.98. The molecule has 0 amide bonds. The van der Waals surface area contributed by atoms with E-state index in [9.17, 15) is 10.1 Å². The van der Waals surface area contributed by atoms with Crippen LogP contribution in [-0.4, -0.2) is 15.1 Å². The van der Waals surface area contributed by atoms with E-state index in [-0.39, 0.29) is 10.8 Å². The average molecular weight is 375 g/mol. The predicted octanol–water partition coefficient (Wildman–Crippen LogP) is 3.40. The van der Waals surface area contributed by atoms with Crippen molar-refractivity contribution in [3.63, 3.8) is 0 Å². The lowest BCUT2D eigenvalue weighted by molar-refractivity contribution is -0.384. The normalized spacial score (nSPS) is 9.84. The lowest BCUT2D eigenvalue weighted by atomic mass is 10.1. The van der Waals surface area contributed by atoms with Crippen molar-refractivity contribution in [1.29, 1.82) is 0 Å². The minimum absolute atomic E-state index is 0.0153. The third kappa shape index (κ3) is 5.37. The molecule has 0 aliphatic heterocycles. The van der Waals surface area contributed by atoms with Crippen molar-refractivity contribution in [3.8, 4) is 0 Å². The number of rotatable bonds is 3. The number of nitro benzene ring substituents is 1. The lowest BCUT2D eigenvalue weighted by Gasteiger charge is -2.16. The monoisotopic (exact) mass is 375 g/mol. The minimum Gasteiger partial charge on any atom is -0.331 e. The first kappa shape index (κ1) is 18.6. The van der Waals surface area contributed by atoms with Gasteiger partial charge in [-0.05, 0) is 61.5 Å². The number of aryl methyl sites for hydroxylation is 2. The molecule has 2 rings (SSSR count). The molecule has 0 fully saturated rings. The van der Waals surface area contributed by atoms with Crippen LogP contribution >= 0.6 is 24.4 Å². The van der Waals surface area contributed by atoms with Crippen LogP contribution in [0.4, 0.5) is 17.1 Å². The standard InChI is InChI=1S/C16H17N5O2S2/c1-10-4-3-5-11(2)14(10)18-16(25)20-19-15(24)17-12-6-8-13(9-7-12)21(22)23/h3-9H,1-2H3,(H2,17,19,24)(H2,18,20,25). The third-order valence-electron chi connectivity index (χ3n) is 3.35. The van der Waals surface area contributed by atoms with E-state index in [0.717, 1.165) is 16.8 Å². The van der Waals surface area contributed by atoms with E-state index >= 15 is 0 Å². The Labute approximate surface area is 155 Å². The number of para-hydroxylation sites is 1. The number of nitro groups is 1. The number of hydrazine groups is 1. The van der Waals surface area contributed by atoms with Crippen LogP contribution in [0, 0.1) is 24.0 Å². The molecule has 0 spiro atoms. The maximum Gasteiger partial charge on any atom is 0.269 e. The lowest BCUT2D eigenvalue weighted by Crippen LogP contribution is -2.45. The first-order valence-electron chi connectivity index (χ1n) is 7.31. The summed E-state index contributed by atoms with van der Waals surface area (Å²) in [5, 5.41) is 17.3. The van der Waals surface area contributed by atoms with Crippen molar-refractivity contribution in [1.82, 2.24) is 10.9 Å². The molecule has 0 aliphatic rings. The number of hydrogen-bond donors (Lipinski definition) is 4. The van der Waals surface area contributed by atoms with Gasteiger partial charge in [0.2, 0.25) is 0 Å². The van der Waals surface area contributed by atoms with Gasteiger partial charge in [-0.3, -0.25) is 21.0 Å². The topological polar surface area (TPSA) is 91.3 Å². The van der Waals surface area contributed by atoms with E-state index < -0.39 is 4.92 Å². The van der Waals surface area contributed by atoms with E-state index in [1.54, 1.807) is 12.1 Å². The molecule has 2 aromatic rings. The van der Waals surface area contributed by atoms with Crippen LogP contribution in [0.2, 0.25) is 0 Å². The van der Waals surface area contributed by atoms with E-state index in [0.29, 0.717) is 10.8 Å². The van der Waals surface area contributed by atoms with Gasteiger partial charge >= 0.3 is 0 Å². The molecule has 0 radical (unpaired) electrons. The van der Waals surface area contributed by atoms with Crippen LogP contribution < -0.4 is 21.5 Å². The van der Waals surface area contributed by atoms with Crippen molar-refractivity contribution in [2.24, 2.45) is 0 Å². The van der Waals surface area contributed by atoms with E-state index in [1.807, 2.05) is 32.0 Å². The molecule has 2 aromatic carbocycles. The van der Waals surface area contributed by atoms with Crippen molar-refractivity contribution >= 4 is 51.7 Å². The average Bonchev–Trinajstić information content (AvgIpc) is 2.57. The molecular formula is C16H17N5O2S2. The molecule has 0 saturated carbocycles. The van der Waals surface area contributed by atoms with Gasteiger partial charge in [0, 0.05) is 23.5 Å². The zero-order chi connectivity index (χ0) is 18.4. The minimum atomic E-state index is -0.459. The number of nitrogens with one attached hydrogen (secondary N) is 4. The highest BCUT2D eigenvalue weighted by atomic mass is 32.1. The summed E-state index contributed by atoms with van der Waals surface area (Å²) in [6, 6.07) is 11.9. The fourth-order valence-corrected chi connectivity index (χ4v) is 2.42. The van der Waals surface area contributed by atoms with Crippen molar-refractivity contribution in [2.45, 2.75) is 13.8 Å². The first-order chi connectivity index (χ1) is 11.9. The zero-order valence-electron chi connectivity index (χ0n) is 13.6. The number of anilines is 2. The summed E-state index contributed by atoms with van der Waals surface area (Å²) in [5.74, 6) is 0. The van der Waals surface area contributed by atoms with Crippen molar-refractivity contribution in [2.75, 3.05) is 10.6 Å². The third-order valence-corrected chi connectivity index (χ3v) is 3.75. The predicted molar refractivity (Wildman–Crippen MR) is 108 cm³/mol. The fourth-order valence-electron chi connectivity index (χ4n) is 2.10. The largest absolute Gasteiger partial charge is 0.331 e. The Hall–Kier alpha value is -2.78. The van der Waals surface area contributed by atoms with Crippen LogP contribution in [0.3, 0.4) is 0 Å². The molecule has 0 aromatic heterocycles. The van der Waals surface area contributed by atoms with E-state index in [4.69, 9.17) is 24.4 Å². The molecule has 0 saturated heterocycles. The smallest absolute Gasteiger partial charge is 0.269 e. The quantitative estimate of drug-likeness (QED) is 0.369. The van der Waals surface area contributed by atoms with Gasteiger partial charge in [-0.1, -0.05) is 18.2 Å². The van der Waals surface area contributed by atoms with Crippen molar-refractivity contribution in [3.05, 3.63) is 63.7 Å². The summed E-state index contributed by atoms with van der Waals surface area (Å²) < 4.78 is 0. The van der Waals surface area contributed by atoms with Crippen LogP contribution in [0.25, 0.3) is 0 Å². The van der Waals surface area contributed by atoms with Gasteiger partial charge in [0.05, 0.1) is 4.92 Å². The fraction of sp³-hybridized carbons (Fsp3) is 0.125. The molecule has 7 nitrogen and oxygen atoms in total. The number of thiocarbonyl (C=S) groups is 2. The van der Waals surface area contributed by atoms with Gasteiger partial charge in [-0.15, -0.1) is 0 Å². The Morgan fingerprint density at radius 1 is 0.920 bits per heavy atom. The summed E-state index contributed by atoms with van der Waals surface area (Å²) in [7, 11) is 0. The first-order valence-corrected chi connectivity index (χ1v) is 8.13. The number of non-ortho nitro benzene ring substituents is 1. The van der Waals surface area contributed by atoms with Crippen LogP contribution in [0.5, 0.6) is 0 Å². The molecule has 4 N–H and O–H groups in total. The maximum atomic E-state index is 10.6. The second-order valence-electron chi connectivity index (χ2n) is 5.23. The summed E-state index contributed by atoms with van der Waals surface area (Å²) in [4.78, 5) is 10.2. The Kier molecular flexibility index (Phi) is 6.20. The Morgan fingerprint density at radius 3 is 1.96 bits per heavy atom. The highest BCUT2D eigenvalue weighted by Gasteiger charge is 2.06. The van der Waals surface area contributed by atoms with Crippen LogP contribution in [-0.2, 0) is 0 Å². The van der Waals surface area contributed by atoms with Crippen LogP contribution in [0.15, 0.2) is 42.5 Å². The SMILES string of the molecule is Cc1cccc(C)c1NC(=S)NNC(=S)Nc1ccc([N+](=O)[O-])cc1. The van der Waals surface area contributed by atoms with Gasteiger partial charge in [-0.2, -0.15) is 0 Å². The Bertz CT molecular complexity index is 788. The van der Waals surface area contributed by atoms with Gasteiger partial charge in [-0.25, -0.2) is 0 Å². The van der Waals surface area contributed by atoms with Crippen molar-refractivity contribution < 1.29 is 4.92 Å². The highest BCUT2D eigenvalue weighted by Crippen LogP contribution is 2.19. The van der Waals surface area contributed by atoms with Gasteiger partial charge < -0.3 is 10.6 Å². The molecule has 0 unspecified atom stereocenters. The van der Waals surface area contributed by atoms with Gasteiger partial charge in [0.1, 0.15) is 0 Å². The Balaban J connectivity index is 1.85. The van der Waals surface area contributed by atoms with E-state index in [2.05, 4.69) is 21.5 Å². The molecule has 0 aliphatic carbocycles. The van der Waals surface area contributed by atoms with Gasteiger partial charge in [0.25, 0.3) is 5.69 Å². The molecular weight excluding hydrogens is 358 g/mol. The molecule has 130 valence electrons. The van der Waals surface area contributed by atoms with E-state index in [1.165, 1.54) is 12.1 Å². The number of nitrogens with zero attached hydrogens (tertiary/aromatic N) is 1. The maximum absolute atomic E-state index is 10.6.